The molecule has 0 saturated carbocycles. The van der Waals surface area contributed by atoms with Gasteiger partial charge in [-0.25, -0.2) is 0 Å². The lowest BCUT2D eigenvalue weighted by molar-refractivity contribution is 0.920. The summed E-state index contributed by atoms with van der Waals surface area (Å²) < 4.78 is 0. The molecule has 0 atom stereocenters. The molecule has 3 aromatic rings. The van der Waals surface area contributed by atoms with Gasteiger partial charge in [0.1, 0.15) is 0 Å². The molecule has 0 aliphatic carbocycles. The van der Waals surface area contributed by atoms with E-state index in [2.05, 4.69) is 10.2 Å². The van der Waals surface area contributed by atoms with Gasteiger partial charge in [0, 0.05) is 5.56 Å². The second kappa shape index (κ2) is 5.97. The van der Waals surface area contributed by atoms with Crippen molar-refractivity contribution in [2.45, 2.75) is 5.03 Å². The van der Waals surface area contributed by atoms with E-state index in [0.717, 1.165) is 16.8 Å². The highest BCUT2D eigenvalue weighted by molar-refractivity contribution is 7.98. The maximum Gasteiger partial charge on any atom is 0.222 e. The SMILES string of the molecule is CSc1n[nH]c(-c2ccccc2)c(-c2ccccc2)c1=O. The molecule has 1 heterocycles. The first-order valence-corrected chi connectivity index (χ1v) is 7.81. The van der Waals surface area contributed by atoms with E-state index in [1.165, 1.54) is 11.8 Å². The molecule has 0 amide bonds. The third-order valence-corrected chi connectivity index (χ3v) is 3.92. The summed E-state index contributed by atoms with van der Waals surface area (Å²) in [6.07, 6.45) is 1.86. The van der Waals surface area contributed by atoms with Crippen molar-refractivity contribution in [3.63, 3.8) is 0 Å². The first-order valence-electron chi connectivity index (χ1n) is 6.59. The Labute approximate surface area is 127 Å². The summed E-state index contributed by atoms with van der Waals surface area (Å²) in [5.41, 5.74) is 3.24. The van der Waals surface area contributed by atoms with Gasteiger partial charge in [-0.2, -0.15) is 5.10 Å². The smallest absolute Gasteiger partial charge is 0.222 e. The van der Waals surface area contributed by atoms with Crippen LogP contribution in [0.2, 0.25) is 0 Å². The van der Waals surface area contributed by atoms with Crippen LogP contribution in [-0.4, -0.2) is 16.5 Å². The van der Waals surface area contributed by atoms with Gasteiger partial charge in [-0.05, 0) is 11.8 Å². The number of nitrogens with one attached hydrogen (secondary N) is 1. The molecule has 21 heavy (non-hydrogen) atoms. The summed E-state index contributed by atoms with van der Waals surface area (Å²) in [5.74, 6) is 0. The van der Waals surface area contributed by atoms with Gasteiger partial charge in [0.05, 0.1) is 11.3 Å². The van der Waals surface area contributed by atoms with Crippen LogP contribution in [0.1, 0.15) is 0 Å². The highest BCUT2D eigenvalue weighted by Crippen LogP contribution is 2.28. The summed E-state index contributed by atoms with van der Waals surface area (Å²) in [7, 11) is 0. The predicted molar refractivity (Wildman–Crippen MR) is 87.5 cm³/mol. The van der Waals surface area contributed by atoms with E-state index in [0.29, 0.717) is 10.6 Å². The molecule has 104 valence electrons. The molecule has 0 bridgehead atoms. The van der Waals surface area contributed by atoms with E-state index in [1.807, 2.05) is 66.9 Å². The number of aromatic nitrogens is 2. The second-order valence-electron chi connectivity index (χ2n) is 4.54. The molecule has 0 fully saturated rings. The van der Waals surface area contributed by atoms with Crippen LogP contribution < -0.4 is 5.43 Å². The van der Waals surface area contributed by atoms with Gasteiger partial charge in [0.2, 0.25) is 5.43 Å². The lowest BCUT2D eigenvalue weighted by atomic mass is 10.00. The number of rotatable bonds is 3. The Bertz CT molecular complexity index is 798. The number of aromatic amines is 1. The number of H-pyrrole nitrogens is 1. The standard InChI is InChI=1S/C17H14N2OS/c1-21-17-16(20)14(12-8-4-2-5-9-12)15(18-19-17)13-10-6-3-7-11-13/h2-11H,1H3,(H,18,20). The van der Waals surface area contributed by atoms with Crippen LogP contribution in [0.3, 0.4) is 0 Å². The van der Waals surface area contributed by atoms with Gasteiger partial charge >= 0.3 is 0 Å². The van der Waals surface area contributed by atoms with E-state index in [9.17, 15) is 4.79 Å². The topological polar surface area (TPSA) is 45.8 Å². The Hall–Kier alpha value is -2.33. The van der Waals surface area contributed by atoms with E-state index in [-0.39, 0.29) is 5.43 Å². The van der Waals surface area contributed by atoms with Crippen LogP contribution in [0.4, 0.5) is 0 Å². The molecule has 1 N–H and O–H groups in total. The molecule has 0 unspecified atom stereocenters. The summed E-state index contributed by atoms with van der Waals surface area (Å²) in [5, 5.41) is 7.71. The molecule has 0 aliphatic heterocycles. The minimum absolute atomic E-state index is 0.0358. The van der Waals surface area contributed by atoms with Crippen molar-refractivity contribution >= 4 is 11.8 Å². The van der Waals surface area contributed by atoms with Gasteiger partial charge in [0.25, 0.3) is 0 Å². The Kier molecular flexibility index (Phi) is 3.88. The van der Waals surface area contributed by atoms with Crippen molar-refractivity contribution in [1.82, 2.24) is 10.2 Å². The van der Waals surface area contributed by atoms with Crippen molar-refractivity contribution in [1.29, 1.82) is 0 Å². The van der Waals surface area contributed by atoms with Crippen LogP contribution >= 0.6 is 11.8 Å². The maximum atomic E-state index is 12.7. The zero-order valence-electron chi connectivity index (χ0n) is 11.5. The molecule has 3 rings (SSSR count). The number of hydrogen-bond acceptors (Lipinski definition) is 3. The quantitative estimate of drug-likeness (QED) is 0.747. The molecule has 0 saturated heterocycles. The van der Waals surface area contributed by atoms with Gasteiger partial charge < -0.3 is 0 Å². The fourth-order valence-electron chi connectivity index (χ4n) is 2.27. The Balaban J connectivity index is 2.31. The minimum Gasteiger partial charge on any atom is -0.286 e. The van der Waals surface area contributed by atoms with Gasteiger partial charge in [0.15, 0.2) is 5.03 Å². The molecule has 0 spiro atoms. The second-order valence-corrected chi connectivity index (χ2v) is 5.34. The number of benzene rings is 2. The normalized spacial score (nSPS) is 10.5. The Morgan fingerprint density at radius 2 is 1.48 bits per heavy atom. The van der Waals surface area contributed by atoms with Crippen molar-refractivity contribution < 1.29 is 0 Å². The fraction of sp³-hybridized carbons (Fsp3) is 0.0588. The van der Waals surface area contributed by atoms with Gasteiger partial charge in [-0.15, -0.1) is 11.8 Å². The van der Waals surface area contributed by atoms with Crippen LogP contribution in [0.15, 0.2) is 70.5 Å². The van der Waals surface area contributed by atoms with E-state index in [1.54, 1.807) is 0 Å². The van der Waals surface area contributed by atoms with Crippen molar-refractivity contribution in [3.05, 3.63) is 70.9 Å². The lowest BCUT2D eigenvalue weighted by Gasteiger charge is -2.10. The van der Waals surface area contributed by atoms with E-state index in [4.69, 9.17) is 0 Å². The molecule has 1 aromatic heterocycles. The highest BCUT2D eigenvalue weighted by Gasteiger charge is 2.15. The van der Waals surface area contributed by atoms with E-state index >= 15 is 0 Å². The molecular formula is C17H14N2OS. The Morgan fingerprint density at radius 1 is 0.905 bits per heavy atom. The largest absolute Gasteiger partial charge is 0.286 e. The van der Waals surface area contributed by atoms with Crippen LogP contribution in [0, 0.1) is 0 Å². The van der Waals surface area contributed by atoms with Crippen LogP contribution in [0.5, 0.6) is 0 Å². The number of thioether (sulfide) groups is 1. The summed E-state index contributed by atoms with van der Waals surface area (Å²) in [6.45, 7) is 0. The maximum absolute atomic E-state index is 12.7. The van der Waals surface area contributed by atoms with Crippen molar-refractivity contribution in [3.8, 4) is 22.4 Å². The zero-order valence-corrected chi connectivity index (χ0v) is 12.4. The third-order valence-electron chi connectivity index (χ3n) is 3.26. The first-order chi connectivity index (χ1) is 10.3. The molecule has 3 nitrogen and oxygen atoms in total. The van der Waals surface area contributed by atoms with E-state index < -0.39 is 0 Å². The van der Waals surface area contributed by atoms with Crippen molar-refractivity contribution in [2.75, 3.05) is 6.26 Å². The monoisotopic (exact) mass is 294 g/mol. The molecule has 0 aliphatic rings. The van der Waals surface area contributed by atoms with Crippen LogP contribution in [-0.2, 0) is 0 Å². The van der Waals surface area contributed by atoms with Crippen LogP contribution in [0.25, 0.3) is 22.4 Å². The average molecular weight is 294 g/mol. The summed E-state index contributed by atoms with van der Waals surface area (Å²) in [4.78, 5) is 12.7. The molecule has 0 radical (unpaired) electrons. The fourth-order valence-corrected chi connectivity index (χ4v) is 2.69. The van der Waals surface area contributed by atoms with Gasteiger partial charge in [-0.1, -0.05) is 60.7 Å². The predicted octanol–water partition coefficient (Wildman–Crippen LogP) is 3.83. The summed E-state index contributed by atoms with van der Waals surface area (Å²) >= 11 is 1.35. The lowest BCUT2D eigenvalue weighted by Crippen LogP contribution is -2.13. The number of nitrogens with zero attached hydrogens (tertiary/aromatic N) is 1. The third kappa shape index (κ3) is 2.62. The Morgan fingerprint density at radius 3 is 2.05 bits per heavy atom. The zero-order chi connectivity index (χ0) is 14.7. The molecular weight excluding hydrogens is 280 g/mol. The first kappa shape index (κ1) is 13.6. The number of hydrogen-bond donors (Lipinski definition) is 1. The molecule has 2 aromatic carbocycles. The van der Waals surface area contributed by atoms with Gasteiger partial charge in [-0.3, -0.25) is 9.89 Å². The minimum atomic E-state index is -0.0358. The van der Waals surface area contributed by atoms with Crippen molar-refractivity contribution in [2.24, 2.45) is 0 Å². The highest BCUT2D eigenvalue weighted by atomic mass is 32.2. The summed E-state index contributed by atoms with van der Waals surface area (Å²) in [6, 6.07) is 19.5. The average Bonchev–Trinajstić information content (AvgIpc) is 2.56. The molecule has 4 heteroatoms.